The average molecular weight is 376 g/mol. The number of carbonyl (C=O) groups excluding carboxylic acids is 4. The highest BCUT2D eigenvalue weighted by Crippen LogP contribution is 2.32. The van der Waals surface area contributed by atoms with E-state index in [1.165, 1.54) is 26.0 Å². The van der Waals surface area contributed by atoms with E-state index in [4.69, 9.17) is 14.2 Å². The van der Waals surface area contributed by atoms with E-state index >= 15 is 0 Å². The third-order valence-corrected chi connectivity index (χ3v) is 4.13. The number of ketones is 1. The zero-order valence-electron chi connectivity index (χ0n) is 15.8. The normalized spacial score (nSPS) is 18.4. The first-order chi connectivity index (χ1) is 12.8. The van der Waals surface area contributed by atoms with Crippen LogP contribution in [0.5, 0.6) is 11.5 Å². The Balaban J connectivity index is 2.53. The number of hydrogen-bond acceptors (Lipinski definition) is 7. The maximum absolute atomic E-state index is 12.8. The number of fused-ring (bicyclic) bond motifs is 1. The fourth-order valence-electron chi connectivity index (χ4n) is 3.06. The molecular weight excluding hydrogens is 352 g/mol. The van der Waals surface area contributed by atoms with Crippen LogP contribution >= 0.6 is 0 Å². The summed E-state index contributed by atoms with van der Waals surface area (Å²) in [6, 6.07) is 2.76. The van der Waals surface area contributed by atoms with E-state index < -0.39 is 17.9 Å². The van der Waals surface area contributed by atoms with Gasteiger partial charge in [0.15, 0.2) is 5.78 Å². The highest BCUT2D eigenvalue weighted by Gasteiger charge is 2.24. The van der Waals surface area contributed by atoms with Crippen LogP contribution in [0.4, 0.5) is 0 Å². The predicted octanol–water partition coefficient (Wildman–Crippen LogP) is 3.16. The lowest BCUT2D eigenvalue weighted by Crippen LogP contribution is -2.20. The topological polar surface area (TPSA) is 96.0 Å². The van der Waals surface area contributed by atoms with Gasteiger partial charge in [0.2, 0.25) is 0 Å². The Hall–Kier alpha value is -2.70. The minimum absolute atomic E-state index is 0.0147. The van der Waals surface area contributed by atoms with Gasteiger partial charge in [-0.1, -0.05) is 6.42 Å². The second kappa shape index (κ2) is 9.30. The summed E-state index contributed by atoms with van der Waals surface area (Å²) in [7, 11) is 0. The summed E-state index contributed by atoms with van der Waals surface area (Å²) in [5, 5.41) is 0. The summed E-state index contributed by atoms with van der Waals surface area (Å²) in [6.45, 7) is 4.27. The van der Waals surface area contributed by atoms with Gasteiger partial charge < -0.3 is 14.2 Å². The Kier molecular flexibility index (Phi) is 7.10. The molecule has 146 valence electrons. The van der Waals surface area contributed by atoms with Crippen molar-refractivity contribution in [1.29, 1.82) is 0 Å². The maximum Gasteiger partial charge on any atom is 0.310 e. The number of carbonyl (C=O) groups is 4. The van der Waals surface area contributed by atoms with Crippen LogP contribution in [-0.2, 0) is 25.5 Å². The van der Waals surface area contributed by atoms with Crippen LogP contribution in [0.1, 0.15) is 68.8 Å². The first-order valence-electron chi connectivity index (χ1n) is 9.02. The monoisotopic (exact) mass is 376 g/mol. The molecule has 7 nitrogen and oxygen atoms in total. The Bertz CT molecular complexity index is 751. The first-order valence-corrected chi connectivity index (χ1v) is 9.02. The summed E-state index contributed by atoms with van der Waals surface area (Å²) < 4.78 is 15.6. The van der Waals surface area contributed by atoms with Crippen molar-refractivity contribution in [3.05, 3.63) is 23.3 Å². The van der Waals surface area contributed by atoms with Crippen molar-refractivity contribution in [2.75, 3.05) is 0 Å². The number of cyclic esters (lactones) is 1. The molecule has 1 aliphatic rings. The van der Waals surface area contributed by atoms with Crippen molar-refractivity contribution in [2.45, 2.75) is 65.4 Å². The second-order valence-electron chi connectivity index (χ2n) is 6.64. The number of ether oxygens (including phenoxy) is 3. The number of rotatable bonds is 2. The Labute approximate surface area is 158 Å². The Morgan fingerprint density at radius 1 is 1.04 bits per heavy atom. The Morgan fingerprint density at radius 3 is 2.41 bits per heavy atom. The minimum atomic E-state index is -0.618. The molecule has 0 amide bonds. The van der Waals surface area contributed by atoms with Gasteiger partial charge in [-0.3, -0.25) is 19.2 Å². The predicted molar refractivity (Wildman–Crippen MR) is 95.7 cm³/mol. The van der Waals surface area contributed by atoms with Gasteiger partial charge in [-0.15, -0.1) is 0 Å². The third-order valence-electron chi connectivity index (χ3n) is 4.13. The fourth-order valence-corrected chi connectivity index (χ4v) is 3.06. The fraction of sp³-hybridized carbons (Fsp3) is 0.500. The van der Waals surface area contributed by atoms with Crippen molar-refractivity contribution in [1.82, 2.24) is 0 Å². The molecule has 2 rings (SSSR count). The van der Waals surface area contributed by atoms with Gasteiger partial charge in [-0.05, 0) is 37.8 Å². The van der Waals surface area contributed by atoms with E-state index in [1.54, 1.807) is 0 Å². The largest absolute Gasteiger partial charge is 0.462 e. The van der Waals surface area contributed by atoms with Gasteiger partial charge >= 0.3 is 17.9 Å². The zero-order valence-corrected chi connectivity index (χ0v) is 15.8. The molecule has 0 aliphatic carbocycles. The van der Waals surface area contributed by atoms with Crippen LogP contribution in [0.2, 0.25) is 0 Å². The molecule has 1 aromatic carbocycles. The van der Waals surface area contributed by atoms with Crippen LogP contribution in [0.3, 0.4) is 0 Å². The Morgan fingerprint density at radius 2 is 1.74 bits per heavy atom. The van der Waals surface area contributed by atoms with E-state index in [0.717, 1.165) is 19.3 Å². The maximum atomic E-state index is 12.8. The molecule has 1 heterocycles. The van der Waals surface area contributed by atoms with Gasteiger partial charge in [0.25, 0.3) is 0 Å². The van der Waals surface area contributed by atoms with Crippen LogP contribution in [0.25, 0.3) is 0 Å². The molecule has 0 unspecified atom stereocenters. The molecule has 1 aliphatic heterocycles. The van der Waals surface area contributed by atoms with Crippen molar-refractivity contribution in [3.63, 3.8) is 0 Å². The van der Waals surface area contributed by atoms with E-state index in [0.29, 0.717) is 12.0 Å². The van der Waals surface area contributed by atoms with Gasteiger partial charge in [0.05, 0.1) is 18.1 Å². The van der Waals surface area contributed by atoms with Crippen LogP contribution in [-0.4, -0.2) is 29.8 Å². The van der Waals surface area contributed by atoms with Crippen LogP contribution in [0.15, 0.2) is 12.1 Å². The lowest BCUT2D eigenvalue weighted by atomic mass is 9.95. The summed E-state index contributed by atoms with van der Waals surface area (Å²) >= 11 is 0. The highest BCUT2D eigenvalue weighted by molar-refractivity contribution is 6.02. The highest BCUT2D eigenvalue weighted by atomic mass is 16.5. The molecule has 1 atom stereocenters. The van der Waals surface area contributed by atoms with Crippen molar-refractivity contribution >= 4 is 23.7 Å². The first kappa shape index (κ1) is 20.6. The smallest absolute Gasteiger partial charge is 0.310 e. The van der Waals surface area contributed by atoms with Gasteiger partial charge in [0, 0.05) is 26.3 Å². The number of hydrogen-bond donors (Lipinski definition) is 0. The molecule has 0 bridgehead atoms. The summed E-state index contributed by atoms with van der Waals surface area (Å²) in [5.41, 5.74) is 0.471. The third kappa shape index (κ3) is 6.20. The average Bonchev–Trinajstić information content (AvgIpc) is 2.51. The van der Waals surface area contributed by atoms with Crippen molar-refractivity contribution in [3.8, 4) is 11.5 Å². The molecule has 0 saturated carbocycles. The molecule has 0 saturated heterocycles. The molecule has 0 aromatic heterocycles. The molecule has 0 N–H and O–H groups in total. The molecule has 0 radical (unpaired) electrons. The number of Topliss-reactive ketones (excluding diaryl/α,β-unsaturated/α-hetero) is 1. The summed E-state index contributed by atoms with van der Waals surface area (Å²) in [5.74, 6) is -1.83. The summed E-state index contributed by atoms with van der Waals surface area (Å²) in [6.07, 6.45) is 2.98. The van der Waals surface area contributed by atoms with Gasteiger partial charge in [-0.2, -0.15) is 0 Å². The van der Waals surface area contributed by atoms with Crippen molar-refractivity contribution < 1.29 is 33.4 Å². The number of benzene rings is 1. The van der Waals surface area contributed by atoms with Crippen LogP contribution in [0, 0.1) is 0 Å². The molecule has 0 fully saturated rings. The number of esters is 3. The van der Waals surface area contributed by atoms with Gasteiger partial charge in [0.1, 0.15) is 11.5 Å². The van der Waals surface area contributed by atoms with Gasteiger partial charge in [-0.25, -0.2) is 0 Å². The lowest BCUT2D eigenvalue weighted by Gasteiger charge is -2.18. The van der Waals surface area contributed by atoms with E-state index in [2.05, 4.69) is 0 Å². The lowest BCUT2D eigenvalue weighted by molar-refractivity contribution is -0.147. The van der Waals surface area contributed by atoms with E-state index in [9.17, 15) is 19.2 Å². The zero-order chi connectivity index (χ0) is 20.0. The standard InChI is InChI=1S/C20H24O7/c1-12-7-5-4-6-8-17(23)20-15(10-19(24)25-12)9-16(26-13(2)21)11-18(20)27-14(3)22/h9,11-12H,4-8,10H2,1-3H3/t12-/m0/s1. The van der Waals surface area contributed by atoms with E-state index in [-0.39, 0.29) is 41.8 Å². The second-order valence-corrected chi connectivity index (χ2v) is 6.64. The molecule has 27 heavy (non-hydrogen) atoms. The molecule has 0 spiro atoms. The molecular formula is C20H24O7. The minimum Gasteiger partial charge on any atom is -0.462 e. The SMILES string of the molecule is CC(=O)Oc1cc2c(c(OC(C)=O)c1)C(=O)CCCCC[C@H](C)OC(=O)C2. The summed E-state index contributed by atoms with van der Waals surface area (Å²) in [4.78, 5) is 47.9. The van der Waals surface area contributed by atoms with Crippen LogP contribution < -0.4 is 9.47 Å². The van der Waals surface area contributed by atoms with E-state index in [1.807, 2.05) is 6.92 Å². The van der Waals surface area contributed by atoms with Crippen molar-refractivity contribution in [2.24, 2.45) is 0 Å². The molecule has 7 heteroatoms. The quantitative estimate of drug-likeness (QED) is 0.578. The molecule has 1 aromatic rings.